The van der Waals surface area contributed by atoms with Gasteiger partial charge < -0.3 is 9.47 Å². The van der Waals surface area contributed by atoms with E-state index >= 15 is 0 Å². The third-order valence-electron chi connectivity index (χ3n) is 4.59. The number of halogens is 6. The van der Waals surface area contributed by atoms with Gasteiger partial charge in [0.05, 0.1) is 5.69 Å². The van der Waals surface area contributed by atoms with Crippen LogP contribution in [-0.4, -0.2) is 38.8 Å². The first-order valence-corrected chi connectivity index (χ1v) is 10.5. The molecule has 3 aromatic rings. The van der Waals surface area contributed by atoms with E-state index in [2.05, 4.69) is 30.3 Å². The number of nitrogens with one attached hydrogen (secondary N) is 2. The first-order chi connectivity index (χ1) is 17.8. The van der Waals surface area contributed by atoms with Crippen molar-refractivity contribution in [2.24, 2.45) is 0 Å². The van der Waals surface area contributed by atoms with Crippen LogP contribution in [0.15, 0.2) is 53.3 Å². The fourth-order valence-corrected chi connectivity index (χ4v) is 2.94. The second-order valence-corrected chi connectivity index (χ2v) is 7.30. The maximum Gasteiger partial charge on any atom is 0.491 e. The van der Waals surface area contributed by atoms with E-state index in [9.17, 15) is 40.7 Å². The van der Waals surface area contributed by atoms with E-state index in [-0.39, 0.29) is 23.9 Å². The Bertz CT molecular complexity index is 1380. The van der Waals surface area contributed by atoms with Crippen molar-refractivity contribution >= 4 is 17.9 Å². The summed E-state index contributed by atoms with van der Waals surface area (Å²) in [6.45, 7) is 1.92. The second kappa shape index (κ2) is 11.3. The summed E-state index contributed by atoms with van der Waals surface area (Å²) < 4.78 is 85.0. The van der Waals surface area contributed by atoms with Gasteiger partial charge in [-0.05, 0) is 17.7 Å². The zero-order valence-corrected chi connectivity index (χ0v) is 19.2. The number of nitrogens with zero attached hydrogens (tertiary/aromatic N) is 3. The van der Waals surface area contributed by atoms with Gasteiger partial charge in [-0.3, -0.25) is 5.43 Å². The number of ether oxygens (including phenoxy) is 2. The third-order valence-corrected chi connectivity index (χ3v) is 4.59. The van der Waals surface area contributed by atoms with Crippen LogP contribution >= 0.6 is 0 Å². The fourth-order valence-electron chi connectivity index (χ4n) is 2.94. The van der Waals surface area contributed by atoms with Crippen molar-refractivity contribution in [3.63, 3.8) is 0 Å². The Morgan fingerprint density at radius 1 is 0.895 bits per heavy atom. The molecule has 202 valence electrons. The van der Waals surface area contributed by atoms with E-state index in [1.807, 2.05) is 30.3 Å². The molecule has 2 N–H and O–H groups in total. The largest absolute Gasteiger partial charge is 0.491 e. The normalized spacial score (nSPS) is 11.7. The molecule has 0 radical (unpaired) electrons. The second-order valence-electron chi connectivity index (χ2n) is 7.30. The van der Waals surface area contributed by atoms with Crippen LogP contribution in [0.4, 0.5) is 32.3 Å². The SMILES string of the molecule is CCc1nc(NNCc2ccccc2)nc(=O)n1-c1ccc(OC(=O)C(F)(F)F)c(OC(=O)C(F)(F)F)c1. The Balaban J connectivity index is 1.95. The van der Waals surface area contributed by atoms with Crippen molar-refractivity contribution in [2.75, 3.05) is 5.43 Å². The lowest BCUT2D eigenvalue weighted by Crippen LogP contribution is -2.31. The van der Waals surface area contributed by atoms with Gasteiger partial charge in [-0.25, -0.2) is 24.4 Å². The molecule has 0 fully saturated rings. The zero-order chi connectivity index (χ0) is 28.1. The van der Waals surface area contributed by atoms with Gasteiger partial charge in [-0.2, -0.15) is 36.3 Å². The maximum atomic E-state index is 12.8. The van der Waals surface area contributed by atoms with Crippen LogP contribution in [0, 0.1) is 0 Å². The minimum absolute atomic E-state index is 0.0298. The van der Waals surface area contributed by atoms with Gasteiger partial charge in [-0.15, -0.1) is 0 Å². The van der Waals surface area contributed by atoms with Gasteiger partial charge in [0.2, 0.25) is 5.95 Å². The maximum absolute atomic E-state index is 12.8. The van der Waals surface area contributed by atoms with Crippen molar-refractivity contribution in [1.82, 2.24) is 20.0 Å². The smallest absolute Gasteiger partial charge is 0.416 e. The molecular formula is C22H17F6N5O5. The van der Waals surface area contributed by atoms with Crippen molar-refractivity contribution in [2.45, 2.75) is 32.2 Å². The molecule has 0 aliphatic heterocycles. The molecular weight excluding hydrogens is 528 g/mol. The lowest BCUT2D eigenvalue weighted by molar-refractivity contribution is -0.191. The summed E-state index contributed by atoms with van der Waals surface area (Å²) in [5.41, 5.74) is 5.09. The molecule has 1 heterocycles. The molecule has 38 heavy (non-hydrogen) atoms. The third kappa shape index (κ3) is 7.06. The summed E-state index contributed by atoms with van der Waals surface area (Å²) >= 11 is 0. The number of esters is 2. The van der Waals surface area contributed by atoms with E-state index in [0.717, 1.165) is 16.2 Å². The molecule has 0 aliphatic carbocycles. The van der Waals surface area contributed by atoms with Crippen LogP contribution in [0.3, 0.4) is 0 Å². The number of anilines is 1. The Hall–Kier alpha value is -4.47. The number of hydrazine groups is 1. The van der Waals surface area contributed by atoms with Crippen molar-refractivity contribution in [1.29, 1.82) is 0 Å². The number of aromatic nitrogens is 3. The number of carbonyl (C=O) groups is 2. The van der Waals surface area contributed by atoms with E-state index in [1.54, 1.807) is 6.92 Å². The van der Waals surface area contributed by atoms with Gasteiger partial charge in [0.15, 0.2) is 11.5 Å². The number of hydrogen-bond acceptors (Lipinski definition) is 9. The Labute approximate surface area is 209 Å². The highest BCUT2D eigenvalue weighted by molar-refractivity contribution is 5.81. The Morgan fingerprint density at radius 2 is 1.50 bits per heavy atom. The van der Waals surface area contributed by atoms with E-state index < -0.39 is 41.5 Å². The number of benzene rings is 2. The first kappa shape index (κ1) is 28.1. The molecule has 10 nitrogen and oxygen atoms in total. The molecule has 0 atom stereocenters. The number of hydrogen-bond donors (Lipinski definition) is 2. The molecule has 0 bridgehead atoms. The fraction of sp³-hybridized carbons (Fsp3) is 0.227. The molecule has 3 rings (SSSR count). The van der Waals surface area contributed by atoms with Crippen LogP contribution in [0.5, 0.6) is 11.5 Å². The summed E-state index contributed by atoms with van der Waals surface area (Å²) in [5.74, 6) is -8.04. The lowest BCUT2D eigenvalue weighted by atomic mass is 10.2. The Morgan fingerprint density at radius 3 is 2.08 bits per heavy atom. The van der Waals surface area contributed by atoms with E-state index in [0.29, 0.717) is 18.7 Å². The molecule has 1 aromatic heterocycles. The van der Waals surface area contributed by atoms with Gasteiger partial charge >= 0.3 is 30.0 Å². The lowest BCUT2D eigenvalue weighted by Gasteiger charge is -2.16. The molecule has 16 heteroatoms. The minimum Gasteiger partial charge on any atom is -0.416 e. The van der Waals surface area contributed by atoms with E-state index in [4.69, 9.17) is 0 Å². The highest BCUT2D eigenvalue weighted by atomic mass is 19.4. The first-order valence-electron chi connectivity index (χ1n) is 10.5. The minimum atomic E-state index is -5.53. The van der Waals surface area contributed by atoms with Crippen LogP contribution in [-0.2, 0) is 22.6 Å². The van der Waals surface area contributed by atoms with Gasteiger partial charge in [0.25, 0.3) is 0 Å². The van der Waals surface area contributed by atoms with Crippen molar-refractivity contribution in [3.05, 3.63) is 70.4 Å². The number of rotatable bonds is 8. The van der Waals surface area contributed by atoms with Crippen molar-refractivity contribution in [3.8, 4) is 17.2 Å². The van der Waals surface area contributed by atoms with Gasteiger partial charge in [0.1, 0.15) is 5.82 Å². The molecule has 0 aliphatic rings. The monoisotopic (exact) mass is 545 g/mol. The molecule has 0 spiro atoms. The van der Waals surface area contributed by atoms with Crippen LogP contribution in [0.2, 0.25) is 0 Å². The number of alkyl halides is 6. The molecule has 2 aromatic carbocycles. The number of carbonyl (C=O) groups excluding carboxylic acids is 2. The van der Waals surface area contributed by atoms with Gasteiger partial charge in [0, 0.05) is 19.0 Å². The zero-order valence-electron chi connectivity index (χ0n) is 19.2. The summed E-state index contributed by atoms with van der Waals surface area (Å²) in [5, 5.41) is 0. The quantitative estimate of drug-likeness (QED) is 0.190. The molecule has 0 saturated heterocycles. The van der Waals surface area contributed by atoms with Crippen LogP contribution < -0.4 is 26.0 Å². The highest BCUT2D eigenvalue weighted by Crippen LogP contribution is 2.33. The summed E-state index contributed by atoms with van der Waals surface area (Å²) in [4.78, 5) is 43.2. The summed E-state index contributed by atoms with van der Waals surface area (Å²) in [6.07, 6.45) is -10.9. The highest BCUT2D eigenvalue weighted by Gasteiger charge is 2.44. The van der Waals surface area contributed by atoms with Crippen molar-refractivity contribution < 1.29 is 45.4 Å². The topological polar surface area (TPSA) is 124 Å². The van der Waals surface area contributed by atoms with Gasteiger partial charge in [-0.1, -0.05) is 37.3 Å². The number of aryl methyl sites for hydroxylation is 1. The Kier molecular flexibility index (Phi) is 8.35. The molecule has 0 unspecified atom stereocenters. The summed E-state index contributed by atoms with van der Waals surface area (Å²) in [7, 11) is 0. The summed E-state index contributed by atoms with van der Waals surface area (Å²) in [6, 6.07) is 11.3. The predicted molar refractivity (Wildman–Crippen MR) is 117 cm³/mol. The predicted octanol–water partition coefficient (Wildman–Crippen LogP) is 3.24. The van der Waals surface area contributed by atoms with Crippen LogP contribution in [0.25, 0.3) is 5.69 Å². The standard InChI is InChI=1S/C22H17F6N5O5/c1-2-16-30-19(32-29-11-12-6-4-3-5-7-12)31-20(36)33(16)13-8-9-14(37-17(34)21(23,24)25)15(10-13)38-18(35)22(26,27)28/h3-10,29H,2,11H2,1H3,(H,31,32,36). The van der Waals surface area contributed by atoms with E-state index in [1.165, 1.54) is 0 Å². The average molecular weight is 545 g/mol. The average Bonchev–Trinajstić information content (AvgIpc) is 2.84. The van der Waals surface area contributed by atoms with Crippen LogP contribution in [0.1, 0.15) is 18.3 Å². The molecule has 0 saturated carbocycles. The molecule has 0 amide bonds.